The number of para-hydroxylation sites is 1. The van der Waals surface area contributed by atoms with Gasteiger partial charge in [0.2, 0.25) is 0 Å². The van der Waals surface area contributed by atoms with Crippen molar-refractivity contribution in [2.24, 2.45) is 0 Å². The van der Waals surface area contributed by atoms with Crippen LogP contribution in [0.25, 0.3) is 10.9 Å². The van der Waals surface area contributed by atoms with Crippen LogP contribution in [-0.4, -0.2) is 10.2 Å². The van der Waals surface area contributed by atoms with E-state index in [1.165, 1.54) is 0 Å². The molecule has 0 aliphatic heterocycles. The van der Waals surface area contributed by atoms with E-state index in [1.54, 1.807) is 0 Å². The number of aromatic nitrogens is 2. The largest absolute Gasteiger partial charge is 0.277 e. The predicted molar refractivity (Wildman–Crippen MR) is 43.3 cm³/mol. The first-order valence-electron chi connectivity index (χ1n) is 3.00. The first-order valence-corrected chi connectivity index (χ1v) is 3.45. The molecule has 0 bridgehead atoms. The fraction of sp³-hybridized carbons (Fsp3) is 0. The van der Waals surface area contributed by atoms with E-state index in [1.807, 2.05) is 24.3 Å². The number of fused-ring (bicyclic) bond motifs is 1. The summed E-state index contributed by atoms with van der Waals surface area (Å²) in [5, 5.41) is 8.63. The third-order valence-electron chi connectivity index (χ3n) is 1.45. The lowest BCUT2D eigenvalue weighted by molar-refractivity contribution is 1.03. The molecule has 0 aliphatic rings. The molecule has 0 spiro atoms. The van der Waals surface area contributed by atoms with Crippen LogP contribution in [0.5, 0.6) is 0 Å². The van der Waals surface area contributed by atoms with Crippen LogP contribution in [0.3, 0.4) is 0 Å². The maximum atomic E-state index is 4.16. The summed E-state index contributed by atoms with van der Waals surface area (Å²) in [6, 6.07) is 7.90. The van der Waals surface area contributed by atoms with Gasteiger partial charge in [0.1, 0.15) is 5.03 Å². The lowest BCUT2D eigenvalue weighted by Crippen LogP contribution is -1.63. The van der Waals surface area contributed by atoms with E-state index in [0.29, 0.717) is 0 Å². The fourth-order valence-corrected chi connectivity index (χ4v) is 1.19. The van der Waals surface area contributed by atoms with Gasteiger partial charge in [0.15, 0.2) is 0 Å². The number of H-pyrrole nitrogens is 1. The van der Waals surface area contributed by atoms with Gasteiger partial charge in [-0.05, 0) is 6.07 Å². The van der Waals surface area contributed by atoms with Crippen molar-refractivity contribution >= 4 is 23.5 Å². The first-order chi connectivity index (χ1) is 4.88. The lowest BCUT2D eigenvalue weighted by Gasteiger charge is -1.84. The van der Waals surface area contributed by atoms with E-state index in [9.17, 15) is 0 Å². The minimum atomic E-state index is 0.760. The van der Waals surface area contributed by atoms with Crippen LogP contribution in [0.1, 0.15) is 0 Å². The quantitative estimate of drug-likeness (QED) is 0.551. The summed E-state index contributed by atoms with van der Waals surface area (Å²) >= 11 is 4.16. The number of hydrogen-bond acceptors (Lipinski definition) is 2. The van der Waals surface area contributed by atoms with Crippen LogP contribution >= 0.6 is 12.6 Å². The Morgan fingerprint density at radius 3 is 2.90 bits per heavy atom. The Morgan fingerprint density at radius 1 is 1.30 bits per heavy atom. The molecule has 1 aromatic carbocycles. The molecule has 50 valence electrons. The topological polar surface area (TPSA) is 28.7 Å². The highest BCUT2D eigenvalue weighted by Gasteiger charge is 1.97. The second-order valence-corrected chi connectivity index (χ2v) is 2.52. The van der Waals surface area contributed by atoms with E-state index < -0.39 is 0 Å². The molecule has 0 saturated heterocycles. The van der Waals surface area contributed by atoms with Crippen LogP contribution in [0.4, 0.5) is 0 Å². The summed E-state index contributed by atoms with van der Waals surface area (Å²) in [7, 11) is 0. The molecule has 2 rings (SSSR count). The molecule has 3 heteroatoms. The number of hydrogen-bond donors (Lipinski definition) is 2. The number of nitrogens with one attached hydrogen (secondary N) is 1. The molecule has 10 heavy (non-hydrogen) atoms. The number of benzene rings is 1. The van der Waals surface area contributed by atoms with Crippen molar-refractivity contribution in [2.45, 2.75) is 5.03 Å². The molecular formula is C7H6N2S. The molecular weight excluding hydrogens is 144 g/mol. The van der Waals surface area contributed by atoms with Gasteiger partial charge in [-0.15, -0.1) is 12.6 Å². The minimum Gasteiger partial charge on any atom is -0.277 e. The summed E-state index contributed by atoms with van der Waals surface area (Å²) in [5.41, 5.74) is 1.03. The summed E-state index contributed by atoms with van der Waals surface area (Å²) in [4.78, 5) is 0. The lowest BCUT2D eigenvalue weighted by atomic mass is 10.3. The average Bonchev–Trinajstić information content (AvgIpc) is 2.34. The van der Waals surface area contributed by atoms with Crippen molar-refractivity contribution < 1.29 is 0 Å². The van der Waals surface area contributed by atoms with E-state index in [4.69, 9.17) is 0 Å². The molecule has 1 heterocycles. The van der Waals surface area contributed by atoms with Gasteiger partial charge >= 0.3 is 0 Å². The molecule has 2 nitrogen and oxygen atoms in total. The molecule has 0 atom stereocenters. The molecule has 1 aromatic heterocycles. The highest BCUT2D eigenvalue weighted by Crippen LogP contribution is 2.16. The van der Waals surface area contributed by atoms with Crippen LogP contribution in [0.15, 0.2) is 29.3 Å². The number of aromatic amines is 1. The Morgan fingerprint density at radius 2 is 2.10 bits per heavy atom. The summed E-state index contributed by atoms with van der Waals surface area (Å²) < 4.78 is 0. The second kappa shape index (κ2) is 2.02. The molecule has 0 aliphatic carbocycles. The monoisotopic (exact) mass is 150 g/mol. The summed E-state index contributed by atoms with van der Waals surface area (Å²) in [5.74, 6) is 0. The molecule has 2 aromatic rings. The predicted octanol–water partition coefficient (Wildman–Crippen LogP) is 1.85. The Hall–Kier alpha value is -0.960. The van der Waals surface area contributed by atoms with Gasteiger partial charge in [-0.1, -0.05) is 18.2 Å². The summed E-state index contributed by atoms with van der Waals surface area (Å²) in [6.45, 7) is 0. The highest BCUT2D eigenvalue weighted by molar-refractivity contribution is 7.80. The molecule has 0 fully saturated rings. The standard InChI is InChI=1S/C7H6N2S/c10-7-5-3-1-2-4-6(5)8-9-7/h1-4H,(H2,8,9,10). The third-order valence-corrected chi connectivity index (χ3v) is 1.79. The van der Waals surface area contributed by atoms with E-state index in [0.717, 1.165) is 15.9 Å². The van der Waals surface area contributed by atoms with Gasteiger partial charge in [0.05, 0.1) is 5.52 Å². The number of nitrogens with zero attached hydrogens (tertiary/aromatic N) is 1. The van der Waals surface area contributed by atoms with Crippen molar-refractivity contribution in [1.29, 1.82) is 0 Å². The third kappa shape index (κ3) is 0.708. The van der Waals surface area contributed by atoms with Gasteiger partial charge in [-0.2, -0.15) is 5.10 Å². The smallest absolute Gasteiger partial charge is 0.123 e. The Kier molecular flexibility index (Phi) is 1.17. The Balaban J connectivity index is 2.93. The van der Waals surface area contributed by atoms with Crippen molar-refractivity contribution in [3.63, 3.8) is 0 Å². The van der Waals surface area contributed by atoms with Crippen LogP contribution in [-0.2, 0) is 0 Å². The zero-order valence-corrected chi connectivity index (χ0v) is 6.10. The van der Waals surface area contributed by atoms with E-state index >= 15 is 0 Å². The van der Waals surface area contributed by atoms with Crippen LogP contribution in [0, 0.1) is 0 Å². The fourth-order valence-electron chi connectivity index (χ4n) is 0.949. The first kappa shape index (κ1) is 5.80. The Bertz CT molecular complexity index is 353. The van der Waals surface area contributed by atoms with Crippen molar-refractivity contribution in [2.75, 3.05) is 0 Å². The van der Waals surface area contributed by atoms with Gasteiger partial charge in [-0.25, -0.2) is 0 Å². The zero-order valence-electron chi connectivity index (χ0n) is 5.20. The van der Waals surface area contributed by atoms with Crippen LogP contribution < -0.4 is 0 Å². The number of thiol groups is 1. The van der Waals surface area contributed by atoms with Gasteiger partial charge in [-0.3, -0.25) is 5.10 Å². The molecule has 0 unspecified atom stereocenters. The van der Waals surface area contributed by atoms with Crippen molar-refractivity contribution in [3.05, 3.63) is 24.3 Å². The molecule has 0 radical (unpaired) electrons. The normalized spacial score (nSPS) is 10.5. The number of rotatable bonds is 0. The van der Waals surface area contributed by atoms with Crippen molar-refractivity contribution in [1.82, 2.24) is 10.2 Å². The second-order valence-electron chi connectivity index (χ2n) is 2.09. The average molecular weight is 150 g/mol. The van der Waals surface area contributed by atoms with Crippen LogP contribution in [0.2, 0.25) is 0 Å². The maximum Gasteiger partial charge on any atom is 0.123 e. The van der Waals surface area contributed by atoms with Crippen molar-refractivity contribution in [3.8, 4) is 0 Å². The highest BCUT2D eigenvalue weighted by atomic mass is 32.1. The molecule has 1 N–H and O–H groups in total. The molecule has 0 saturated carbocycles. The van der Waals surface area contributed by atoms with Gasteiger partial charge < -0.3 is 0 Å². The van der Waals surface area contributed by atoms with Gasteiger partial charge in [0, 0.05) is 5.39 Å². The SMILES string of the molecule is Sc1n[nH]c2ccccc12. The Labute approximate surface area is 63.7 Å². The van der Waals surface area contributed by atoms with E-state index in [2.05, 4.69) is 22.8 Å². The minimum absolute atomic E-state index is 0.760. The van der Waals surface area contributed by atoms with E-state index in [-0.39, 0.29) is 0 Å². The summed E-state index contributed by atoms with van der Waals surface area (Å²) in [6.07, 6.45) is 0. The van der Waals surface area contributed by atoms with Gasteiger partial charge in [0.25, 0.3) is 0 Å². The molecule has 0 amide bonds. The maximum absolute atomic E-state index is 4.16. The zero-order chi connectivity index (χ0) is 6.97.